The van der Waals surface area contributed by atoms with Crippen molar-refractivity contribution in [2.24, 2.45) is 0 Å². The van der Waals surface area contributed by atoms with Crippen molar-refractivity contribution in [1.82, 2.24) is 14.4 Å². The van der Waals surface area contributed by atoms with Gasteiger partial charge in [-0.2, -0.15) is 4.98 Å². The molecule has 3 rings (SSSR count). The molecule has 0 saturated carbocycles. The Bertz CT molecular complexity index is 784. The van der Waals surface area contributed by atoms with Crippen molar-refractivity contribution < 1.29 is 4.74 Å². The van der Waals surface area contributed by atoms with Gasteiger partial charge in [0.15, 0.2) is 0 Å². The van der Waals surface area contributed by atoms with Crippen LogP contribution in [0.1, 0.15) is 12.5 Å². The van der Waals surface area contributed by atoms with E-state index < -0.39 is 0 Å². The van der Waals surface area contributed by atoms with Crippen LogP contribution in [0.15, 0.2) is 36.8 Å². The van der Waals surface area contributed by atoms with Gasteiger partial charge in [-0.1, -0.05) is 17.7 Å². The molecule has 0 atom stereocenters. The number of halogens is 1. The molecule has 0 fully saturated rings. The third-order valence-corrected chi connectivity index (χ3v) is 3.29. The second kappa shape index (κ2) is 5.61. The summed E-state index contributed by atoms with van der Waals surface area (Å²) in [6.45, 7) is 4.76. The van der Waals surface area contributed by atoms with E-state index in [-0.39, 0.29) is 0 Å². The van der Waals surface area contributed by atoms with Gasteiger partial charge >= 0.3 is 0 Å². The molecule has 2 aromatic heterocycles. The van der Waals surface area contributed by atoms with Crippen molar-refractivity contribution in [1.29, 1.82) is 0 Å². The number of rotatable bonds is 4. The summed E-state index contributed by atoms with van der Waals surface area (Å²) in [7, 11) is 0. The number of imidazole rings is 1. The smallest absolute Gasteiger partial charge is 0.265 e. The van der Waals surface area contributed by atoms with E-state index in [0.29, 0.717) is 22.3 Å². The van der Waals surface area contributed by atoms with Gasteiger partial charge in [-0.05, 0) is 31.5 Å². The first-order chi connectivity index (χ1) is 10.2. The Balaban J connectivity index is 2.06. The molecule has 1 N–H and O–H groups in total. The molecule has 2 heterocycles. The number of benzene rings is 1. The van der Waals surface area contributed by atoms with Crippen LogP contribution in [-0.2, 0) is 0 Å². The van der Waals surface area contributed by atoms with E-state index in [2.05, 4.69) is 15.3 Å². The lowest BCUT2D eigenvalue weighted by molar-refractivity contribution is 0.462. The molecule has 0 aliphatic heterocycles. The molecule has 0 saturated heterocycles. The predicted molar refractivity (Wildman–Crippen MR) is 83.4 cm³/mol. The highest BCUT2D eigenvalue weighted by atomic mass is 35.5. The highest BCUT2D eigenvalue weighted by molar-refractivity contribution is 6.30. The van der Waals surface area contributed by atoms with Crippen molar-refractivity contribution in [3.8, 4) is 11.6 Å². The van der Waals surface area contributed by atoms with Gasteiger partial charge in [-0.15, -0.1) is 0 Å². The van der Waals surface area contributed by atoms with Crippen molar-refractivity contribution >= 4 is 23.1 Å². The lowest BCUT2D eigenvalue weighted by Crippen LogP contribution is -2.03. The molecule has 3 aromatic rings. The van der Waals surface area contributed by atoms with E-state index in [9.17, 15) is 0 Å². The number of aryl methyl sites for hydroxylation is 1. The molecule has 0 aliphatic carbocycles. The molecule has 0 unspecified atom stereocenters. The maximum atomic E-state index is 6.03. The minimum Gasteiger partial charge on any atom is -0.436 e. The van der Waals surface area contributed by atoms with Gasteiger partial charge < -0.3 is 10.1 Å². The van der Waals surface area contributed by atoms with Crippen LogP contribution in [0.3, 0.4) is 0 Å². The zero-order valence-corrected chi connectivity index (χ0v) is 12.6. The maximum Gasteiger partial charge on any atom is 0.265 e. The fraction of sp³-hybridized carbons (Fsp3) is 0.200. The maximum absolute atomic E-state index is 6.03. The van der Waals surface area contributed by atoms with Crippen molar-refractivity contribution in [3.05, 3.63) is 47.4 Å². The lowest BCUT2D eigenvalue weighted by atomic mass is 10.2. The highest BCUT2D eigenvalue weighted by Crippen LogP contribution is 2.29. The molecule has 5 nitrogen and oxygen atoms in total. The minimum atomic E-state index is 0.448. The van der Waals surface area contributed by atoms with Crippen molar-refractivity contribution in [3.63, 3.8) is 0 Å². The van der Waals surface area contributed by atoms with Gasteiger partial charge in [-0.3, -0.25) is 4.40 Å². The van der Waals surface area contributed by atoms with E-state index >= 15 is 0 Å². The average molecular weight is 303 g/mol. The van der Waals surface area contributed by atoms with Gasteiger partial charge in [0, 0.05) is 24.0 Å². The summed E-state index contributed by atoms with van der Waals surface area (Å²) in [5.41, 5.74) is 1.65. The van der Waals surface area contributed by atoms with Crippen molar-refractivity contribution in [2.45, 2.75) is 13.8 Å². The quantitative estimate of drug-likeness (QED) is 0.793. The van der Waals surface area contributed by atoms with Gasteiger partial charge in [0.1, 0.15) is 11.6 Å². The summed E-state index contributed by atoms with van der Waals surface area (Å²) in [6.07, 6.45) is 5.45. The minimum absolute atomic E-state index is 0.448. The molecule has 6 heteroatoms. The van der Waals surface area contributed by atoms with Crippen LogP contribution < -0.4 is 10.1 Å². The van der Waals surface area contributed by atoms with E-state index in [1.807, 2.05) is 42.8 Å². The van der Waals surface area contributed by atoms with Crippen LogP contribution in [0.2, 0.25) is 5.02 Å². The Labute approximate surface area is 127 Å². The Kier molecular flexibility index (Phi) is 3.66. The molecular formula is C15H15ClN4O. The van der Waals surface area contributed by atoms with Crippen LogP contribution in [0.25, 0.3) is 5.65 Å². The summed E-state index contributed by atoms with van der Waals surface area (Å²) in [4.78, 5) is 8.75. The molecule has 21 heavy (non-hydrogen) atoms. The van der Waals surface area contributed by atoms with Crippen LogP contribution >= 0.6 is 11.6 Å². The number of aromatic nitrogens is 3. The molecule has 0 aliphatic rings. The molecular weight excluding hydrogens is 288 g/mol. The predicted octanol–water partition coefficient (Wildman–Crippen LogP) is 3.92. The Morgan fingerprint density at radius 2 is 2.24 bits per heavy atom. The second-order valence-electron chi connectivity index (χ2n) is 4.63. The van der Waals surface area contributed by atoms with Gasteiger partial charge in [0.2, 0.25) is 5.65 Å². The molecule has 0 amide bonds. The van der Waals surface area contributed by atoms with Crippen LogP contribution in [0.4, 0.5) is 5.82 Å². The highest BCUT2D eigenvalue weighted by Gasteiger charge is 2.11. The van der Waals surface area contributed by atoms with Crippen LogP contribution in [-0.4, -0.2) is 20.9 Å². The van der Waals surface area contributed by atoms with E-state index in [0.717, 1.165) is 17.9 Å². The SMILES string of the molecule is CCNc1cn2ccnc2c(Oc2cc(Cl)ccc2C)n1. The molecule has 0 bridgehead atoms. The third-order valence-electron chi connectivity index (χ3n) is 3.06. The summed E-state index contributed by atoms with van der Waals surface area (Å²) in [5, 5.41) is 3.80. The number of ether oxygens (including phenoxy) is 1. The molecule has 0 radical (unpaired) electrons. The standard InChI is InChI=1S/C15H15ClN4O/c1-3-17-13-9-20-7-6-18-14(20)15(19-13)21-12-8-11(16)5-4-10(12)2/h4-9,17H,3H2,1-2H3. The number of anilines is 1. The first-order valence-electron chi connectivity index (χ1n) is 6.69. The second-order valence-corrected chi connectivity index (χ2v) is 5.07. The normalized spacial score (nSPS) is 10.8. The number of fused-ring (bicyclic) bond motifs is 1. The Morgan fingerprint density at radius 3 is 3.05 bits per heavy atom. The van der Waals surface area contributed by atoms with E-state index in [4.69, 9.17) is 16.3 Å². The fourth-order valence-electron chi connectivity index (χ4n) is 2.03. The zero-order valence-electron chi connectivity index (χ0n) is 11.8. The van der Waals surface area contributed by atoms with Crippen molar-refractivity contribution in [2.75, 3.05) is 11.9 Å². The van der Waals surface area contributed by atoms with Crippen LogP contribution in [0.5, 0.6) is 11.6 Å². The first-order valence-corrected chi connectivity index (χ1v) is 7.06. The van der Waals surface area contributed by atoms with E-state index in [1.165, 1.54) is 0 Å². The topological polar surface area (TPSA) is 51.5 Å². The third kappa shape index (κ3) is 2.78. The van der Waals surface area contributed by atoms with Gasteiger partial charge in [-0.25, -0.2) is 4.98 Å². The summed E-state index contributed by atoms with van der Waals surface area (Å²) >= 11 is 6.03. The lowest BCUT2D eigenvalue weighted by Gasteiger charge is -2.11. The largest absolute Gasteiger partial charge is 0.436 e. The summed E-state index contributed by atoms with van der Waals surface area (Å²) in [5.74, 6) is 1.86. The van der Waals surface area contributed by atoms with Gasteiger partial charge in [0.25, 0.3) is 5.88 Å². The van der Waals surface area contributed by atoms with Gasteiger partial charge in [0.05, 0.1) is 6.20 Å². The number of nitrogens with one attached hydrogen (secondary N) is 1. The molecule has 0 spiro atoms. The van der Waals surface area contributed by atoms with E-state index in [1.54, 1.807) is 12.3 Å². The Hall–Kier alpha value is -2.27. The Morgan fingerprint density at radius 1 is 1.38 bits per heavy atom. The summed E-state index contributed by atoms with van der Waals surface area (Å²) < 4.78 is 7.80. The number of nitrogens with zero attached hydrogens (tertiary/aromatic N) is 3. The average Bonchev–Trinajstić information content (AvgIpc) is 2.92. The number of hydrogen-bond donors (Lipinski definition) is 1. The first kappa shape index (κ1) is 13.7. The van der Waals surface area contributed by atoms with Crippen LogP contribution in [0, 0.1) is 6.92 Å². The monoisotopic (exact) mass is 302 g/mol. The number of hydrogen-bond acceptors (Lipinski definition) is 4. The zero-order chi connectivity index (χ0) is 14.8. The molecule has 1 aromatic carbocycles. The summed E-state index contributed by atoms with van der Waals surface area (Å²) in [6, 6.07) is 5.52. The fourth-order valence-corrected chi connectivity index (χ4v) is 2.19. The molecule has 108 valence electrons.